The number of likely N-dealkylation sites (tertiary alicyclic amines) is 1. The molecule has 1 fully saturated rings. The number of hydrogen-bond donors (Lipinski definition) is 1. The van der Waals surface area contributed by atoms with Crippen molar-refractivity contribution in [3.8, 4) is 17.2 Å². The average molecular weight is 474 g/mol. The molecule has 1 N–H and O–H groups in total. The molecule has 4 rings (SSSR count). The van der Waals surface area contributed by atoms with E-state index in [0.717, 1.165) is 23.9 Å². The number of benzene rings is 2. The van der Waals surface area contributed by atoms with Gasteiger partial charge in [0.15, 0.2) is 17.3 Å². The quantitative estimate of drug-likeness (QED) is 0.523. The van der Waals surface area contributed by atoms with Crippen LogP contribution in [-0.2, 0) is 0 Å². The molecule has 176 valence electrons. The fraction of sp³-hybridized carbons (Fsp3) is 0.417. The van der Waals surface area contributed by atoms with Crippen molar-refractivity contribution < 1.29 is 19.0 Å². The van der Waals surface area contributed by atoms with Crippen LogP contribution in [0.2, 0.25) is 5.02 Å². The molecule has 0 radical (unpaired) electrons. The molecule has 3 aromatic rings. The molecule has 0 bridgehead atoms. The minimum atomic E-state index is -0.327. The number of nitrogens with zero attached hydrogens (tertiary/aromatic N) is 2. The van der Waals surface area contributed by atoms with E-state index in [2.05, 4.69) is 9.88 Å². The van der Waals surface area contributed by atoms with Crippen molar-refractivity contribution in [1.29, 1.82) is 0 Å². The summed E-state index contributed by atoms with van der Waals surface area (Å²) in [6, 6.07) is 8.54. The zero-order chi connectivity index (χ0) is 23.7. The van der Waals surface area contributed by atoms with E-state index in [0.29, 0.717) is 40.9 Å². The molecule has 1 aliphatic heterocycles. The predicted molar refractivity (Wildman–Crippen MR) is 127 cm³/mol. The first kappa shape index (κ1) is 23.2. The Kier molecular flexibility index (Phi) is 6.67. The zero-order valence-electron chi connectivity index (χ0n) is 19.2. The Labute approximate surface area is 197 Å². The van der Waals surface area contributed by atoms with E-state index in [1.54, 1.807) is 24.3 Å². The van der Waals surface area contributed by atoms with Crippen molar-refractivity contribution in [2.24, 2.45) is 0 Å². The molecular weight excluding hydrogens is 446 g/mol. The van der Waals surface area contributed by atoms with Crippen LogP contribution >= 0.6 is 11.6 Å². The van der Waals surface area contributed by atoms with Gasteiger partial charge in [0.25, 0.3) is 0 Å². The summed E-state index contributed by atoms with van der Waals surface area (Å²) in [5.74, 6) is 1.33. The third kappa shape index (κ3) is 4.32. The summed E-state index contributed by atoms with van der Waals surface area (Å²) in [6.07, 6.45) is 1.53. The van der Waals surface area contributed by atoms with E-state index in [9.17, 15) is 9.59 Å². The molecular formula is C24H28ClN3O5. The second-order valence-corrected chi connectivity index (χ2v) is 8.62. The first-order valence-corrected chi connectivity index (χ1v) is 11.2. The van der Waals surface area contributed by atoms with Gasteiger partial charge in [0.1, 0.15) is 0 Å². The summed E-state index contributed by atoms with van der Waals surface area (Å²) >= 11 is 6.06. The number of piperidine rings is 1. The van der Waals surface area contributed by atoms with Gasteiger partial charge in [-0.25, -0.2) is 4.79 Å². The maximum absolute atomic E-state index is 13.3. The fourth-order valence-electron chi connectivity index (χ4n) is 4.63. The number of aromatic amines is 1. The number of methoxy groups -OCH3 is 3. The first-order chi connectivity index (χ1) is 15.9. The van der Waals surface area contributed by atoms with Crippen molar-refractivity contribution in [3.63, 3.8) is 0 Å². The van der Waals surface area contributed by atoms with E-state index >= 15 is 0 Å². The van der Waals surface area contributed by atoms with Gasteiger partial charge in [0, 0.05) is 29.7 Å². The van der Waals surface area contributed by atoms with Gasteiger partial charge in [-0.2, -0.15) is 0 Å². The third-order valence-corrected chi connectivity index (χ3v) is 6.65. The minimum absolute atomic E-state index is 0.0217. The monoisotopic (exact) mass is 473 g/mol. The first-order valence-electron chi connectivity index (χ1n) is 10.9. The molecule has 1 aliphatic rings. The molecule has 2 heterocycles. The maximum atomic E-state index is 13.3. The highest BCUT2D eigenvalue weighted by Crippen LogP contribution is 2.39. The standard InChI is InChI=1S/C24H28ClN3O5/c1-14(22(29)15-11-20(31-2)23(33-4)21(12-15)32-3)27-9-7-17(8-10-27)28-19-6-5-16(25)13-18(19)26-24(28)30/h5-6,11-14,17H,7-10H2,1-4H3,(H,26,30). The lowest BCUT2D eigenvalue weighted by atomic mass is 9.98. The summed E-state index contributed by atoms with van der Waals surface area (Å²) in [7, 11) is 4.59. The molecule has 1 unspecified atom stereocenters. The summed E-state index contributed by atoms with van der Waals surface area (Å²) in [5.41, 5.74) is 1.96. The zero-order valence-corrected chi connectivity index (χ0v) is 19.9. The van der Waals surface area contributed by atoms with Gasteiger partial charge in [0.05, 0.1) is 38.4 Å². The van der Waals surface area contributed by atoms with E-state index in [1.165, 1.54) is 21.3 Å². The summed E-state index contributed by atoms with van der Waals surface area (Å²) in [6.45, 7) is 3.31. The molecule has 0 spiro atoms. The number of rotatable bonds is 7. The summed E-state index contributed by atoms with van der Waals surface area (Å²) < 4.78 is 17.9. The molecule has 1 saturated heterocycles. The van der Waals surface area contributed by atoms with Crippen molar-refractivity contribution in [3.05, 3.63) is 51.4 Å². The lowest BCUT2D eigenvalue weighted by Gasteiger charge is -2.35. The van der Waals surface area contributed by atoms with Gasteiger partial charge in [-0.1, -0.05) is 11.6 Å². The van der Waals surface area contributed by atoms with Gasteiger partial charge < -0.3 is 19.2 Å². The largest absolute Gasteiger partial charge is 0.493 e. The van der Waals surface area contributed by atoms with Gasteiger partial charge >= 0.3 is 5.69 Å². The number of imidazole rings is 1. The van der Waals surface area contributed by atoms with Crippen LogP contribution in [0.15, 0.2) is 35.1 Å². The van der Waals surface area contributed by atoms with E-state index in [-0.39, 0.29) is 23.6 Å². The third-order valence-electron chi connectivity index (χ3n) is 6.42. The van der Waals surface area contributed by atoms with Crippen molar-refractivity contribution in [1.82, 2.24) is 14.5 Å². The normalized spacial score (nSPS) is 16.0. The second kappa shape index (κ2) is 9.49. The highest BCUT2D eigenvalue weighted by atomic mass is 35.5. The van der Waals surface area contributed by atoms with Crippen LogP contribution in [0, 0.1) is 0 Å². The van der Waals surface area contributed by atoms with Crippen LogP contribution in [-0.4, -0.2) is 60.7 Å². The Hall–Kier alpha value is -2.97. The number of H-pyrrole nitrogens is 1. The van der Waals surface area contributed by atoms with Crippen LogP contribution in [0.5, 0.6) is 17.2 Å². The summed E-state index contributed by atoms with van der Waals surface area (Å²) in [4.78, 5) is 30.9. The van der Waals surface area contributed by atoms with Gasteiger partial charge in [-0.15, -0.1) is 0 Å². The number of ether oxygens (including phenoxy) is 3. The van der Waals surface area contributed by atoms with Crippen molar-refractivity contribution in [2.45, 2.75) is 31.8 Å². The van der Waals surface area contributed by atoms with Gasteiger partial charge in [-0.3, -0.25) is 14.3 Å². The Balaban J connectivity index is 1.50. The Bertz CT molecular complexity index is 1200. The van der Waals surface area contributed by atoms with Gasteiger partial charge in [0.2, 0.25) is 5.75 Å². The average Bonchev–Trinajstić information content (AvgIpc) is 3.16. The number of nitrogens with one attached hydrogen (secondary N) is 1. The minimum Gasteiger partial charge on any atom is -0.493 e. The lowest BCUT2D eigenvalue weighted by Crippen LogP contribution is -2.45. The van der Waals surface area contributed by atoms with Crippen molar-refractivity contribution in [2.75, 3.05) is 34.4 Å². The Morgan fingerprint density at radius 3 is 2.27 bits per heavy atom. The number of Topliss-reactive ketones (excluding diaryl/α,β-unsaturated/α-hetero) is 1. The molecule has 2 aromatic carbocycles. The van der Waals surface area contributed by atoms with Crippen LogP contribution in [0.3, 0.4) is 0 Å². The van der Waals surface area contributed by atoms with Crippen LogP contribution in [0.4, 0.5) is 0 Å². The van der Waals surface area contributed by atoms with Crippen LogP contribution < -0.4 is 19.9 Å². The van der Waals surface area contributed by atoms with Crippen LogP contribution in [0.25, 0.3) is 11.0 Å². The number of fused-ring (bicyclic) bond motifs is 1. The lowest BCUT2D eigenvalue weighted by molar-refractivity contribution is 0.0775. The number of aromatic nitrogens is 2. The van der Waals surface area contributed by atoms with E-state index in [1.807, 2.05) is 17.6 Å². The van der Waals surface area contributed by atoms with Gasteiger partial charge in [-0.05, 0) is 50.1 Å². The van der Waals surface area contributed by atoms with E-state index < -0.39 is 0 Å². The second-order valence-electron chi connectivity index (χ2n) is 8.18. The summed E-state index contributed by atoms with van der Waals surface area (Å²) in [5, 5.41) is 0.588. The number of hydrogen-bond acceptors (Lipinski definition) is 6. The predicted octanol–water partition coefficient (Wildman–Crippen LogP) is 3.92. The maximum Gasteiger partial charge on any atom is 0.326 e. The highest BCUT2D eigenvalue weighted by Gasteiger charge is 2.30. The molecule has 1 aromatic heterocycles. The fourth-order valence-corrected chi connectivity index (χ4v) is 4.80. The number of carbonyl (C=O) groups is 1. The topological polar surface area (TPSA) is 85.8 Å². The number of halogens is 1. The SMILES string of the molecule is COc1cc(C(=O)C(C)N2CCC(n3c(=O)[nH]c4cc(Cl)ccc43)CC2)cc(OC)c1OC. The highest BCUT2D eigenvalue weighted by molar-refractivity contribution is 6.31. The Morgan fingerprint density at radius 2 is 1.70 bits per heavy atom. The smallest absolute Gasteiger partial charge is 0.326 e. The number of carbonyl (C=O) groups excluding carboxylic acids is 1. The molecule has 0 aliphatic carbocycles. The molecule has 1 atom stereocenters. The van der Waals surface area contributed by atoms with E-state index in [4.69, 9.17) is 25.8 Å². The molecule has 33 heavy (non-hydrogen) atoms. The van der Waals surface area contributed by atoms with Crippen LogP contribution in [0.1, 0.15) is 36.2 Å². The molecule has 8 nitrogen and oxygen atoms in total. The van der Waals surface area contributed by atoms with Crippen molar-refractivity contribution >= 4 is 28.4 Å². The molecule has 9 heteroatoms. The molecule has 0 amide bonds. The Morgan fingerprint density at radius 1 is 1.06 bits per heavy atom. The molecule has 0 saturated carbocycles. The number of ketones is 1.